The second kappa shape index (κ2) is 26.8. The number of anilines is 3. The zero-order chi connectivity index (χ0) is 48.2. The number of carbonyl (C=O) groups excluding carboxylic acids is 3. The lowest BCUT2D eigenvalue weighted by molar-refractivity contribution is 0.101. The fourth-order valence-electron chi connectivity index (χ4n) is 8.86. The lowest BCUT2D eigenvalue weighted by Crippen LogP contribution is -2.28. The average molecular weight is 967 g/mol. The molecule has 3 amide bonds. The molecule has 10 nitrogen and oxygen atoms in total. The fourth-order valence-corrected chi connectivity index (χ4v) is 9.10. The van der Waals surface area contributed by atoms with E-state index in [4.69, 9.17) is 23.2 Å². The molecule has 0 aliphatic carbocycles. The van der Waals surface area contributed by atoms with E-state index >= 15 is 0 Å². The van der Waals surface area contributed by atoms with E-state index in [1.54, 1.807) is 36.4 Å². The second-order valence-electron chi connectivity index (χ2n) is 18.1. The number of halogens is 2. The molecule has 0 saturated carbocycles. The van der Waals surface area contributed by atoms with Gasteiger partial charge in [0.15, 0.2) is 0 Å². The number of carbonyl (C=O) groups is 3. The minimum atomic E-state index is -0.230. The first-order valence-corrected chi connectivity index (χ1v) is 25.3. The zero-order valence-electron chi connectivity index (χ0n) is 39.5. The van der Waals surface area contributed by atoms with Crippen molar-refractivity contribution in [2.75, 3.05) is 55.2 Å². The Morgan fingerprint density at radius 2 is 0.986 bits per heavy atom. The van der Waals surface area contributed by atoms with Gasteiger partial charge in [0.1, 0.15) is 5.69 Å². The van der Waals surface area contributed by atoms with Crippen LogP contribution in [0.25, 0.3) is 0 Å². The highest BCUT2D eigenvalue weighted by Crippen LogP contribution is 2.26. The number of aryl methyl sites for hydroxylation is 2. The Balaban J connectivity index is 0.000000153. The number of nitrogens with zero attached hydrogens (tertiary/aromatic N) is 1. The van der Waals surface area contributed by atoms with Crippen LogP contribution in [0.4, 0.5) is 17.1 Å². The summed E-state index contributed by atoms with van der Waals surface area (Å²) in [5.41, 5.74) is 9.36. The first kappa shape index (κ1) is 51.0. The van der Waals surface area contributed by atoms with E-state index in [9.17, 15) is 14.4 Å². The zero-order valence-corrected chi connectivity index (χ0v) is 41.1. The van der Waals surface area contributed by atoms with Crippen molar-refractivity contribution in [1.29, 1.82) is 0 Å². The van der Waals surface area contributed by atoms with Gasteiger partial charge in [0.2, 0.25) is 0 Å². The monoisotopic (exact) mass is 965 g/mol. The van der Waals surface area contributed by atoms with E-state index in [1.165, 1.54) is 67.0 Å². The second-order valence-corrected chi connectivity index (χ2v) is 19.0. The molecule has 12 heteroatoms. The fraction of sp³-hybridized carbons (Fsp3) is 0.333. The first-order chi connectivity index (χ1) is 33.7. The highest BCUT2D eigenvalue weighted by atomic mass is 35.5. The number of piperidine rings is 2. The van der Waals surface area contributed by atoms with Crippen LogP contribution in [-0.4, -0.2) is 62.0 Å². The molecule has 3 fully saturated rings. The summed E-state index contributed by atoms with van der Waals surface area (Å²) in [7, 11) is 0. The molecule has 6 N–H and O–H groups in total. The van der Waals surface area contributed by atoms with E-state index in [-0.39, 0.29) is 17.7 Å². The van der Waals surface area contributed by atoms with Gasteiger partial charge in [-0.15, -0.1) is 0 Å². The summed E-state index contributed by atoms with van der Waals surface area (Å²) >= 11 is 11.6. The quantitative estimate of drug-likeness (QED) is 0.0678. The minimum absolute atomic E-state index is 0.0508. The largest absolute Gasteiger partial charge is 0.322 e. The Labute approximate surface area is 417 Å². The Morgan fingerprint density at radius 3 is 1.45 bits per heavy atom. The SMILES string of the molecule is CCCc1ccc(C(=O)Nc2ccc(C3CCCNC3)cc2)cc1.O=C(Nc1ccc(CCC2CCNC2)cc1)c1ccc(Cl)cn1.O=C(Nc1ccc([C@H]2CCCNC2)cc1)c1ccc(Cl)cc1. The molecule has 3 saturated heterocycles. The van der Waals surface area contributed by atoms with Crippen molar-refractivity contribution in [3.05, 3.63) is 189 Å². The van der Waals surface area contributed by atoms with Gasteiger partial charge in [-0.25, -0.2) is 4.98 Å². The summed E-state index contributed by atoms with van der Waals surface area (Å²) in [5.74, 6) is 1.56. The number of amides is 3. The maximum absolute atomic E-state index is 12.3. The van der Waals surface area contributed by atoms with Crippen molar-refractivity contribution in [3.63, 3.8) is 0 Å². The normalized spacial score (nSPS) is 17.5. The van der Waals surface area contributed by atoms with E-state index < -0.39 is 0 Å². The molecule has 4 heterocycles. The van der Waals surface area contributed by atoms with Gasteiger partial charge in [0.25, 0.3) is 17.7 Å². The van der Waals surface area contributed by atoms with Crippen LogP contribution in [0.3, 0.4) is 0 Å². The third-order valence-electron chi connectivity index (χ3n) is 12.9. The number of pyridine rings is 1. The smallest absolute Gasteiger partial charge is 0.274 e. The highest BCUT2D eigenvalue weighted by Gasteiger charge is 2.17. The number of hydrogen-bond donors (Lipinski definition) is 6. The Bertz CT molecular complexity index is 2500. The van der Waals surface area contributed by atoms with Crippen LogP contribution in [0.5, 0.6) is 0 Å². The molecule has 3 atom stereocenters. The molecule has 2 unspecified atom stereocenters. The Morgan fingerprint density at radius 1 is 0.522 bits per heavy atom. The van der Waals surface area contributed by atoms with Crippen LogP contribution >= 0.6 is 23.2 Å². The van der Waals surface area contributed by atoms with Crippen molar-refractivity contribution < 1.29 is 14.4 Å². The van der Waals surface area contributed by atoms with E-state index in [2.05, 4.69) is 80.2 Å². The van der Waals surface area contributed by atoms with Gasteiger partial charge >= 0.3 is 0 Å². The Kier molecular flexibility index (Phi) is 19.8. The average Bonchev–Trinajstić information content (AvgIpc) is 3.92. The number of nitrogens with one attached hydrogen (secondary N) is 6. The van der Waals surface area contributed by atoms with Gasteiger partial charge in [-0.05, 0) is 202 Å². The van der Waals surface area contributed by atoms with E-state index in [1.807, 2.05) is 60.7 Å². The van der Waals surface area contributed by atoms with Gasteiger partial charge < -0.3 is 31.9 Å². The number of hydrogen-bond acceptors (Lipinski definition) is 7. The van der Waals surface area contributed by atoms with Crippen LogP contribution < -0.4 is 31.9 Å². The third-order valence-corrected chi connectivity index (χ3v) is 13.4. The molecule has 9 rings (SSSR count). The predicted molar refractivity (Wildman–Crippen MR) is 283 cm³/mol. The highest BCUT2D eigenvalue weighted by molar-refractivity contribution is 6.31. The molecule has 0 bridgehead atoms. The van der Waals surface area contributed by atoms with Crippen LogP contribution in [0, 0.1) is 5.92 Å². The van der Waals surface area contributed by atoms with Gasteiger partial charge in [0.05, 0.1) is 5.02 Å². The number of aromatic nitrogens is 1. The lowest BCUT2D eigenvalue weighted by Gasteiger charge is -2.23. The molecule has 6 aromatic rings. The topological polar surface area (TPSA) is 136 Å². The van der Waals surface area contributed by atoms with Gasteiger partial charge in [-0.1, -0.05) is 85.1 Å². The molecule has 0 spiro atoms. The van der Waals surface area contributed by atoms with E-state index in [0.29, 0.717) is 38.7 Å². The summed E-state index contributed by atoms with van der Waals surface area (Å²) in [6.45, 7) is 8.78. The van der Waals surface area contributed by atoms with Crippen molar-refractivity contribution in [3.8, 4) is 0 Å². The van der Waals surface area contributed by atoms with Gasteiger partial charge in [-0.3, -0.25) is 14.4 Å². The van der Waals surface area contributed by atoms with Crippen molar-refractivity contribution in [1.82, 2.24) is 20.9 Å². The molecule has 3 aliphatic heterocycles. The summed E-state index contributed by atoms with van der Waals surface area (Å²) < 4.78 is 0. The summed E-state index contributed by atoms with van der Waals surface area (Å²) in [4.78, 5) is 40.6. The molecule has 1 aromatic heterocycles. The molecule has 69 heavy (non-hydrogen) atoms. The van der Waals surface area contributed by atoms with Gasteiger partial charge in [0, 0.05) is 52.5 Å². The number of rotatable bonds is 13. The molecule has 0 radical (unpaired) electrons. The maximum atomic E-state index is 12.3. The molecular weight excluding hydrogens is 902 g/mol. The van der Waals surface area contributed by atoms with Crippen LogP contribution in [0.15, 0.2) is 140 Å². The first-order valence-electron chi connectivity index (χ1n) is 24.5. The molecular formula is C57H65Cl2N7O3. The minimum Gasteiger partial charge on any atom is -0.322 e. The standard InChI is InChI=1S/C21H26N2O.C18H20ClN3O.C18H19ClN2O/c1-2-4-16-6-8-18(9-7-16)21(24)23-20-12-10-17(11-13-20)19-5-3-14-22-15-19;19-15-5-8-17(21-12-15)18(23)22-16-6-3-13(4-7-16)1-2-14-9-10-20-11-14;19-16-7-3-14(4-8-16)18(22)21-17-9-5-13(6-10-17)15-2-1-11-20-12-15/h6-13,19,22H,2-5,14-15H2,1H3,(H,23,24);3-8,12,14,20H,1-2,9-11H2,(H,22,23);3-10,15,20H,1-2,11-12H2,(H,21,22)/t;;15-/m..0/s1. The van der Waals surface area contributed by atoms with Gasteiger partial charge in [-0.2, -0.15) is 0 Å². The lowest BCUT2D eigenvalue weighted by atomic mass is 9.91. The number of benzene rings is 5. The van der Waals surface area contributed by atoms with E-state index in [0.717, 1.165) is 81.5 Å². The van der Waals surface area contributed by atoms with Crippen LogP contribution in [-0.2, 0) is 12.8 Å². The molecule has 3 aliphatic rings. The van der Waals surface area contributed by atoms with Crippen molar-refractivity contribution in [2.45, 2.75) is 76.5 Å². The maximum Gasteiger partial charge on any atom is 0.274 e. The van der Waals surface area contributed by atoms with Crippen molar-refractivity contribution >= 4 is 58.0 Å². The summed E-state index contributed by atoms with van der Waals surface area (Å²) in [6, 6.07) is 42.5. The van der Waals surface area contributed by atoms with Crippen molar-refractivity contribution in [2.24, 2.45) is 5.92 Å². The third kappa shape index (κ3) is 16.4. The summed E-state index contributed by atoms with van der Waals surface area (Å²) in [6.07, 6.45) is 12.1. The van der Waals surface area contributed by atoms with Crippen LogP contribution in [0.1, 0.15) is 117 Å². The predicted octanol–water partition coefficient (Wildman–Crippen LogP) is 11.9. The molecule has 360 valence electrons. The Hall–Kier alpha value is -5.88. The molecule has 5 aromatic carbocycles. The summed E-state index contributed by atoms with van der Waals surface area (Å²) in [5, 5.41) is 20.2. The van der Waals surface area contributed by atoms with Crippen LogP contribution in [0.2, 0.25) is 10.0 Å².